The number of carbonyl (C=O) groups excluding carboxylic acids is 1. The molecule has 0 spiro atoms. The summed E-state index contributed by atoms with van der Waals surface area (Å²) in [5, 5.41) is 2.04. The lowest BCUT2D eigenvalue weighted by Crippen LogP contribution is -2.36. The highest BCUT2D eigenvalue weighted by Gasteiger charge is 2.30. The zero-order valence-electron chi connectivity index (χ0n) is 27.7. The summed E-state index contributed by atoms with van der Waals surface area (Å²) in [7, 11) is 0. The first-order chi connectivity index (χ1) is 22.0. The number of ether oxygens (including phenoxy) is 1. The number of nitrogens with zero attached hydrogens (tertiary/aromatic N) is 4. The fourth-order valence-electron chi connectivity index (χ4n) is 6.72. The Bertz CT molecular complexity index is 1390. The van der Waals surface area contributed by atoms with Gasteiger partial charge in [-0.2, -0.15) is 0 Å². The third kappa shape index (κ3) is 8.76. The van der Waals surface area contributed by atoms with Crippen molar-refractivity contribution >= 4 is 5.97 Å². The number of esters is 1. The summed E-state index contributed by atoms with van der Waals surface area (Å²) < 4.78 is 8.23. The minimum absolute atomic E-state index is 0.0260. The van der Waals surface area contributed by atoms with Crippen LogP contribution in [0, 0.1) is 18.8 Å². The number of likely N-dealkylation sites (tertiary alicyclic amines) is 1. The van der Waals surface area contributed by atoms with Crippen molar-refractivity contribution in [2.45, 2.75) is 91.8 Å². The smallest absolute Gasteiger partial charge is 0.309 e. The third-order valence-electron chi connectivity index (χ3n) is 9.78. The Balaban J connectivity index is 1.34. The van der Waals surface area contributed by atoms with Crippen molar-refractivity contribution in [3.63, 3.8) is 0 Å². The van der Waals surface area contributed by atoms with Crippen LogP contribution in [0.3, 0.4) is 0 Å². The SMILES string of the molecule is CCC1CCN(Cc2nccn2Cc2cc(C(CCC3=CN(CC)NN3)C(CC)C(=O)OCc3ccccc3)ccc2C)CC1. The number of allylic oxidation sites excluding steroid dienone is 1. The molecule has 0 bridgehead atoms. The Morgan fingerprint density at radius 1 is 1.07 bits per heavy atom. The predicted octanol–water partition coefficient (Wildman–Crippen LogP) is 6.68. The summed E-state index contributed by atoms with van der Waals surface area (Å²) in [6.45, 7) is 13.8. The van der Waals surface area contributed by atoms with Gasteiger partial charge < -0.3 is 14.7 Å². The van der Waals surface area contributed by atoms with Crippen LogP contribution in [-0.2, 0) is 29.2 Å². The topological polar surface area (TPSA) is 74.7 Å². The second kappa shape index (κ2) is 16.1. The number of rotatable bonds is 15. The number of benzene rings is 2. The van der Waals surface area contributed by atoms with Crippen molar-refractivity contribution in [2.24, 2.45) is 11.8 Å². The minimum atomic E-state index is -0.239. The van der Waals surface area contributed by atoms with Crippen LogP contribution in [0.25, 0.3) is 0 Å². The average molecular weight is 613 g/mol. The van der Waals surface area contributed by atoms with E-state index in [1.54, 1.807) is 0 Å². The molecule has 1 aromatic heterocycles. The van der Waals surface area contributed by atoms with E-state index >= 15 is 0 Å². The Morgan fingerprint density at radius 3 is 2.58 bits per heavy atom. The number of aryl methyl sites for hydroxylation is 1. The van der Waals surface area contributed by atoms with E-state index in [-0.39, 0.29) is 17.8 Å². The molecule has 1 fully saturated rings. The van der Waals surface area contributed by atoms with Gasteiger partial charge in [-0.25, -0.2) is 4.98 Å². The highest BCUT2D eigenvalue weighted by Crippen LogP contribution is 2.35. The molecule has 3 heterocycles. The average Bonchev–Trinajstić information content (AvgIpc) is 3.73. The van der Waals surface area contributed by atoms with Gasteiger partial charge in [0.2, 0.25) is 0 Å². The summed E-state index contributed by atoms with van der Waals surface area (Å²) >= 11 is 0. The van der Waals surface area contributed by atoms with E-state index in [4.69, 9.17) is 9.72 Å². The standard InChI is InChI=1S/C37H52N6O2/c1-5-29-17-20-41(21-18-29)26-36-38-19-22-42(36)24-32-23-31(14-13-28(32)4)35(16-15-33-25-43(7-3)40-39-33)34(6-2)37(44)45-27-30-11-9-8-10-12-30/h8-14,19,22-23,25,29,34-35,39-40H,5-7,15-18,20-21,24,26-27H2,1-4H3. The number of hydrogen-bond donors (Lipinski definition) is 2. The van der Waals surface area contributed by atoms with Gasteiger partial charge in [0.25, 0.3) is 0 Å². The Labute approximate surface area is 269 Å². The van der Waals surface area contributed by atoms with Gasteiger partial charge >= 0.3 is 5.97 Å². The maximum absolute atomic E-state index is 13.6. The molecule has 2 aromatic carbocycles. The molecule has 2 atom stereocenters. The third-order valence-corrected chi connectivity index (χ3v) is 9.78. The molecule has 0 radical (unpaired) electrons. The molecule has 2 aliphatic rings. The molecular weight excluding hydrogens is 560 g/mol. The number of hydrazine groups is 2. The van der Waals surface area contributed by atoms with Gasteiger partial charge in [0, 0.05) is 37.4 Å². The molecule has 5 rings (SSSR count). The second-order valence-corrected chi connectivity index (χ2v) is 12.7. The molecule has 2 N–H and O–H groups in total. The predicted molar refractivity (Wildman–Crippen MR) is 180 cm³/mol. The van der Waals surface area contributed by atoms with E-state index in [0.29, 0.717) is 13.0 Å². The Hall–Kier alpha value is -3.62. The highest BCUT2D eigenvalue weighted by atomic mass is 16.5. The van der Waals surface area contributed by atoms with Crippen LogP contribution >= 0.6 is 0 Å². The first-order valence-electron chi connectivity index (χ1n) is 17.0. The van der Waals surface area contributed by atoms with Crippen molar-refractivity contribution in [3.05, 3.63) is 101 Å². The van der Waals surface area contributed by atoms with Crippen LogP contribution in [0.1, 0.15) is 93.3 Å². The lowest BCUT2D eigenvalue weighted by molar-refractivity contribution is -0.151. The van der Waals surface area contributed by atoms with E-state index in [2.05, 4.69) is 78.7 Å². The number of aromatic nitrogens is 2. The molecule has 0 saturated carbocycles. The summed E-state index contributed by atoms with van der Waals surface area (Å²) in [4.78, 5) is 21.0. The van der Waals surface area contributed by atoms with Crippen LogP contribution in [0.5, 0.6) is 0 Å². The lowest BCUT2D eigenvalue weighted by atomic mass is 9.80. The van der Waals surface area contributed by atoms with E-state index in [1.165, 1.54) is 36.0 Å². The van der Waals surface area contributed by atoms with Crippen molar-refractivity contribution in [2.75, 3.05) is 19.6 Å². The second-order valence-electron chi connectivity index (χ2n) is 12.7. The molecule has 0 aliphatic carbocycles. The quantitative estimate of drug-likeness (QED) is 0.186. The molecular formula is C37H52N6O2. The zero-order chi connectivity index (χ0) is 31.6. The fourth-order valence-corrected chi connectivity index (χ4v) is 6.72. The molecule has 2 aliphatic heterocycles. The molecule has 3 aromatic rings. The zero-order valence-corrected chi connectivity index (χ0v) is 27.7. The van der Waals surface area contributed by atoms with E-state index < -0.39 is 0 Å². The Kier molecular flexibility index (Phi) is 11.7. The van der Waals surface area contributed by atoms with E-state index in [9.17, 15) is 4.79 Å². The number of hydrogen-bond acceptors (Lipinski definition) is 7. The molecule has 0 amide bonds. The molecule has 242 valence electrons. The van der Waals surface area contributed by atoms with Gasteiger partial charge in [-0.05, 0) is 93.1 Å². The van der Waals surface area contributed by atoms with E-state index in [0.717, 1.165) is 68.6 Å². The van der Waals surface area contributed by atoms with Crippen LogP contribution < -0.4 is 11.0 Å². The largest absolute Gasteiger partial charge is 0.461 e. The van der Waals surface area contributed by atoms with Crippen LogP contribution in [0.4, 0.5) is 0 Å². The number of carbonyl (C=O) groups is 1. The molecule has 45 heavy (non-hydrogen) atoms. The van der Waals surface area contributed by atoms with Crippen molar-refractivity contribution < 1.29 is 9.53 Å². The highest BCUT2D eigenvalue weighted by molar-refractivity contribution is 5.73. The lowest BCUT2D eigenvalue weighted by Gasteiger charge is -2.31. The van der Waals surface area contributed by atoms with Gasteiger partial charge in [-0.1, -0.05) is 68.8 Å². The van der Waals surface area contributed by atoms with Crippen LogP contribution in [-0.4, -0.2) is 45.1 Å². The van der Waals surface area contributed by atoms with Gasteiger partial charge in [0.15, 0.2) is 0 Å². The first-order valence-corrected chi connectivity index (χ1v) is 17.0. The number of nitrogens with one attached hydrogen (secondary N) is 2. The van der Waals surface area contributed by atoms with Crippen molar-refractivity contribution in [3.8, 4) is 0 Å². The molecule has 2 unspecified atom stereocenters. The number of imidazole rings is 1. The van der Waals surface area contributed by atoms with Gasteiger partial charge in [0.1, 0.15) is 12.4 Å². The Morgan fingerprint density at radius 2 is 1.87 bits per heavy atom. The maximum atomic E-state index is 13.6. The fraction of sp³-hybridized carbons (Fsp3) is 0.514. The van der Waals surface area contributed by atoms with Gasteiger partial charge in [-0.3, -0.25) is 14.7 Å². The van der Waals surface area contributed by atoms with E-state index in [1.807, 2.05) is 41.5 Å². The normalized spacial score (nSPS) is 17.2. The van der Waals surface area contributed by atoms with Crippen molar-refractivity contribution in [1.82, 2.24) is 30.4 Å². The summed E-state index contributed by atoms with van der Waals surface area (Å²) in [5.41, 5.74) is 12.3. The summed E-state index contributed by atoms with van der Waals surface area (Å²) in [6.07, 6.45) is 12.4. The maximum Gasteiger partial charge on any atom is 0.309 e. The summed E-state index contributed by atoms with van der Waals surface area (Å²) in [6, 6.07) is 16.7. The first kappa shape index (κ1) is 32.8. The van der Waals surface area contributed by atoms with Gasteiger partial charge in [-0.15, -0.1) is 5.53 Å². The molecule has 1 saturated heterocycles. The van der Waals surface area contributed by atoms with Crippen LogP contribution in [0.2, 0.25) is 0 Å². The number of piperidine rings is 1. The molecule has 8 nitrogen and oxygen atoms in total. The monoisotopic (exact) mass is 612 g/mol. The minimum Gasteiger partial charge on any atom is -0.461 e. The van der Waals surface area contributed by atoms with Gasteiger partial charge in [0.05, 0.1) is 12.5 Å². The molecule has 8 heteroatoms. The van der Waals surface area contributed by atoms with Crippen LogP contribution in [0.15, 0.2) is 72.8 Å². The van der Waals surface area contributed by atoms with Crippen molar-refractivity contribution in [1.29, 1.82) is 0 Å². The summed E-state index contributed by atoms with van der Waals surface area (Å²) in [5.74, 6) is 1.65.